The molecule has 0 aliphatic rings. The molecule has 114 valence electrons. The van der Waals surface area contributed by atoms with E-state index in [4.69, 9.17) is 4.74 Å². The van der Waals surface area contributed by atoms with Crippen LogP contribution < -0.4 is 10.1 Å². The molecule has 1 aromatic rings. The summed E-state index contributed by atoms with van der Waals surface area (Å²) in [6.45, 7) is 6.49. The molecule has 0 aliphatic carbocycles. The summed E-state index contributed by atoms with van der Waals surface area (Å²) < 4.78 is 5.52. The summed E-state index contributed by atoms with van der Waals surface area (Å²) in [5.74, 6) is 0.246. The van der Waals surface area contributed by atoms with Crippen molar-refractivity contribution in [2.24, 2.45) is 0 Å². The number of nitriles is 1. The number of nitrogens with one attached hydrogen (secondary N) is 1. The fourth-order valence-corrected chi connectivity index (χ4v) is 1.93. The van der Waals surface area contributed by atoms with Crippen LogP contribution in [0, 0.1) is 28.4 Å². The molecule has 0 aliphatic heterocycles. The second kappa shape index (κ2) is 7.60. The van der Waals surface area contributed by atoms with Gasteiger partial charge in [-0.2, -0.15) is 5.26 Å². The van der Waals surface area contributed by atoms with E-state index in [0.717, 1.165) is 13.0 Å². The second-order valence-electron chi connectivity index (χ2n) is 5.15. The van der Waals surface area contributed by atoms with Crippen LogP contribution in [0.5, 0.6) is 5.75 Å². The lowest BCUT2D eigenvalue weighted by Gasteiger charge is -2.23. The SMILES string of the molecule is CCCNC(C)(C#N)CCOc1cccc(C)c1[N+](=O)[O-]. The lowest BCUT2D eigenvalue weighted by Crippen LogP contribution is -2.42. The van der Waals surface area contributed by atoms with E-state index in [1.807, 2.05) is 6.92 Å². The smallest absolute Gasteiger partial charge is 0.313 e. The molecular weight excluding hydrogens is 270 g/mol. The third-order valence-corrected chi connectivity index (χ3v) is 3.25. The molecule has 0 bridgehead atoms. The third-order valence-electron chi connectivity index (χ3n) is 3.25. The van der Waals surface area contributed by atoms with Crippen LogP contribution in [0.4, 0.5) is 5.69 Å². The van der Waals surface area contributed by atoms with Crippen molar-refractivity contribution in [2.45, 2.75) is 39.2 Å². The zero-order valence-corrected chi connectivity index (χ0v) is 12.7. The van der Waals surface area contributed by atoms with Crippen LogP contribution in [0.2, 0.25) is 0 Å². The molecule has 0 saturated heterocycles. The molecule has 0 aromatic heterocycles. The van der Waals surface area contributed by atoms with E-state index < -0.39 is 10.5 Å². The Morgan fingerprint density at radius 2 is 2.24 bits per heavy atom. The Labute approximate surface area is 124 Å². The highest BCUT2D eigenvalue weighted by atomic mass is 16.6. The molecule has 6 heteroatoms. The van der Waals surface area contributed by atoms with E-state index in [2.05, 4.69) is 11.4 Å². The van der Waals surface area contributed by atoms with Crippen LogP contribution in [-0.4, -0.2) is 23.6 Å². The van der Waals surface area contributed by atoms with Gasteiger partial charge in [0, 0.05) is 12.0 Å². The van der Waals surface area contributed by atoms with Crippen molar-refractivity contribution in [3.05, 3.63) is 33.9 Å². The van der Waals surface area contributed by atoms with Crippen LogP contribution in [-0.2, 0) is 0 Å². The molecule has 0 fully saturated rings. The molecule has 0 saturated carbocycles. The first-order valence-corrected chi connectivity index (χ1v) is 6.96. The largest absolute Gasteiger partial charge is 0.487 e. The molecule has 0 spiro atoms. The Morgan fingerprint density at radius 3 is 2.81 bits per heavy atom. The van der Waals surface area contributed by atoms with Gasteiger partial charge in [-0.3, -0.25) is 15.4 Å². The van der Waals surface area contributed by atoms with Crippen molar-refractivity contribution < 1.29 is 9.66 Å². The monoisotopic (exact) mass is 291 g/mol. The minimum atomic E-state index is -0.686. The van der Waals surface area contributed by atoms with Gasteiger partial charge in [-0.05, 0) is 32.9 Å². The third kappa shape index (κ3) is 4.72. The number of nitrogens with zero attached hydrogens (tertiary/aromatic N) is 2. The van der Waals surface area contributed by atoms with Gasteiger partial charge in [0.25, 0.3) is 0 Å². The van der Waals surface area contributed by atoms with Crippen molar-refractivity contribution >= 4 is 5.69 Å². The lowest BCUT2D eigenvalue weighted by molar-refractivity contribution is -0.386. The highest BCUT2D eigenvalue weighted by Crippen LogP contribution is 2.30. The quantitative estimate of drug-likeness (QED) is 0.587. The van der Waals surface area contributed by atoms with Crippen molar-refractivity contribution in [1.82, 2.24) is 5.32 Å². The van der Waals surface area contributed by atoms with Crippen LogP contribution >= 0.6 is 0 Å². The van der Waals surface area contributed by atoms with Gasteiger partial charge in [0.05, 0.1) is 17.6 Å². The maximum absolute atomic E-state index is 11.1. The summed E-state index contributed by atoms with van der Waals surface area (Å²) in [5.41, 5.74) is -0.142. The van der Waals surface area contributed by atoms with Gasteiger partial charge in [0.15, 0.2) is 5.75 Å². The maximum Gasteiger partial charge on any atom is 0.313 e. The molecule has 0 amide bonds. The first kappa shape index (κ1) is 16.9. The molecule has 1 rings (SSSR count). The number of aryl methyl sites for hydroxylation is 1. The van der Waals surface area contributed by atoms with Gasteiger partial charge in [0.2, 0.25) is 0 Å². The van der Waals surface area contributed by atoms with Crippen molar-refractivity contribution in [2.75, 3.05) is 13.2 Å². The maximum atomic E-state index is 11.1. The fraction of sp³-hybridized carbons (Fsp3) is 0.533. The molecule has 6 nitrogen and oxygen atoms in total. The van der Waals surface area contributed by atoms with E-state index in [9.17, 15) is 15.4 Å². The molecule has 1 unspecified atom stereocenters. The topological polar surface area (TPSA) is 88.2 Å². The van der Waals surface area contributed by atoms with Crippen molar-refractivity contribution in [1.29, 1.82) is 5.26 Å². The zero-order chi connectivity index (χ0) is 15.9. The Balaban J connectivity index is 2.70. The molecule has 0 heterocycles. The zero-order valence-electron chi connectivity index (χ0n) is 12.7. The second-order valence-corrected chi connectivity index (χ2v) is 5.15. The van der Waals surface area contributed by atoms with Gasteiger partial charge in [0.1, 0.15) is 5.54 Å². The Hall–Kier alpha value is -2.13. The summed E-state index contributed by atoms with van der Waals surface area (Å²) in [4.78, 5) is 10.6. The predicted molar refractivity (Wildman–Crippen MR) is 80.3 cm³/mol. The average molecular weight is 291 g/mol. The highest BCUT2D eigenvalue weighted by Gasteiger charge is 2.24. The van der Waals surface area contributed by atoms with Gasteiger partial charge in [-0.25, -0.2) is 0 Å². The van der Waals surface area contributed by atoms with Crippen LogP contribution in [0.1, 0.15) is 32.3 Å². The number of ether oxygens (including phenoxy) is 1. The van der Waals surface area contributed by atoms with Crippen molar-refractivity contribution in [3.63, 3.8) is 0 Å². The van der Waals surface area contributed by atoms with Crippen LogP contribution in [0.15, 0.2) is 18.2 Å². The van der Waals surface area contributed by atoms with E-state index in [1.54, 1.807) is 32.0 Å². The van der Waals surface area contributed by atoms with Gasteiger partial charge >= 0.3 is 5.69 Å². The normalized spacial score (nSPS) is 13.2. The number of nitro benzene ring substituents is 1. The summed E-state index contributed by atoms with van der Waals surface area (Å²) >= 11 is 0. The Bertz CT molecular complexity index is 539. The minimum Gasteiger partial charge on any atom is -0.487 e. The van der Waals surface area contributed by atoms with E-state index in [0.29, 0.717) is 12.0 Å². The number of para-hydroxylation sites is 1. The van der Waals surface area contributed by atoms with E-state index in [-0.39, 0.29) is 18.0 Å². The molecule has 0 radical (unpaired) electrons. The predicted octanol–water partition coefficient (Wildman–Crippen LogP) is 2.95. The average Bonchev–Trinajstić information content (AvgIpc) is 2.45. The number of hydrogen-bond acceptors (Lipinski definition) is 5. The summed E-state index contributed by atoms with van der Waals surface area (Å²) in [6.07, 6.45) is 1.38. The van der Waals surface area contributed by atoms with Crippen LogP contribution in [0.3, 0.4) is 0 Å². The Morgan fingerprint density at radius 1 is 1.52 bits per heavy atom. The molecule has 21 heavy (non-hydrogen) atoms. The first-order chi connectivity index (χ1) is 9.93. The minimum absolute atomic E-state index is 0.0160. The number of benzene rings is 1. The molecule has 1 atom stereocenters. The number of nitro groups is 1. The fourth-order valence-electron chi connectivity index (χ4n) is 1.93. The van der Waals surface area contributed by atoms with Crippen molar-refractivity contribution in [3.8, 4) is 11.8 Å². The first-order valence-electron chi connectivity index (χ1n) is 6.96. The lowest BCUT2D eigenvalue weighted by atomic mass is 10.0. The standard InChI is InChI=1S/C15H21N3O3/c1-4-9-17-15(3,11-16)8-10-21-13-7-5-6-12(2)14(13)18(19)20/h5-7,17H,4,8-10H2,1-3H3. The van der Waals surface area contributed by atoms with E-state index in [1.165, 1.54) is 0 Å². The molecule has 1 aromatic carbocycles. The summed E-state index contributed by atoms with van der Waals surface area (Å²) in [5, 5.41) is 23.4. The summed E-state index contributed by atoms with van der Waals surface area (Å²) in [6, 6.07) is 7.19. The van der Waals surface area contributed by atoms with Gasteiger partial charge < -0.3 is 4.74 Å². The van der Waals surface area contributed by atoms with E-state index >= 15 is 0 Å². The molecule has 1 N–H and O–H groups in total. The van der Waals surface area contributed by atoms with Gasteiger partial charge in [-0.15, -0.1) is 0 Å². The van der Waals surface area contributed by atoms with Gasteiger partial charge in [-0.1, -0.05) is 19.1 Å². The highest BCUT2D eigenvalue weighted by molar-refractivity contribution is 5.52. The Kier molecular flexibility index (Phi) is 6.12. The molecular formula is C15H21N3O3. The number of rotatable bonds is 8. The number of hydrogen-bond donors (Lipinski definition) is 1. The summed E-state index contributed by atoms with van der Waals surface area (Å²) in [7, 11) is 0. The van der Waals surface area contributed by atoms with Crippen LogP contribution in [0.25, 0.3) is 0 Å².